The van der Waals surface area contributed by atoms with Gasteiger partial charge in [-0.3, -0.25) is 0 Å². The summed E-state index contributed by atoms with van der Waals surface area (Å²) in [6.45, 7) is 4.08. The van der Waals surface area contributed by atoms with E-state index in [0.717, 1.165) is 17.9 Å². The SMILES string of the molecule is Cc1cc2c(cc1F)CC(C)C=C2C1CC1. The van der Waals surface area contributed by atoms with Crippen molar-refractivity contribution in [1.29, 1.82) is 0 Å². The van der Waals surface area contributed by atoms with Gasteiger partial charge in [-0.05, 0) is 72.4 Å². The summed E-state index contributed by atoms with van der Waals surface area (Å²) in [4.78, 5) is 0. The Hall–Kier alpha value is -1.11. The van der Waals surface area contributed by atoms with Crippen LogP contribution in [0.25, 0.3) is 5.57 Å². The van der Waals surface area contributed by atoms with Crippen molar-refractivity contribution in [2.24, 2.45) is 11.8 Å². The van der Waals surface area contributed by atoms with E-state index in [1.54, 1.807) is 6.07 Å². The second-order valence-corrected chi connectivity index (χ2v) is 5.34. The molecule has 0 saturated heterocycles. The predicted octanol–water partition coefficient (Wildman–Crippen LogP) is 4.12. The molecule has 1 heteroatoms. The van der Waals surface area contributed by atoms with Gasteiger partial charge >= 0.3 is 0 Å². The molecule has 0 radical (unpaired) electrons. The molecule has 0 heterocycles. The van der Waals surface area contributed by atoms with Gasteiger partial charge in [0.1, 0.15) is 5.82 Å². The van der Waals surface area contributed by atoms with Crippen LogP contribution < -0.4 is 0 Å². The molecule has 0 aromatic heterocycles. The Labute approximate surface area is 96.2 Å². The van der Waals surface area contributed by atoms with E-state index < -0.39 is 0 Å². The first-order valence-electron chi connectivity index (χ1n) is 6.16. The lowest BCUT2D eigenvalue weighted by Gasteiger charge is -2.22. The fourth-order valence-electron chi connectivity index (χ4n) is 2.71. The first-order chi connectivity index (χ1) is 7.65. The Morgan fingerprint density at radius 2 is 2.00 bits per heavy atom. The third kappa shape index (κ3) is 1.59. The van der Waals surface area contributed by atoms with Crippen molar-refractivity contribution in [3.63, 3.8) is 0 Å². The first-order valence-corrected chi connectivity index (χ1v) is 6.16. The highest BCUT2D eigenvalue weighted by molar-refractivity contribution is 5.74. The average Bonchev–Trinajstić information content (AvgIpc) is 3.03. The molecule has 1 atom stereocenters. The topological polar surface area (TPSA) is 0 Å². The van der Waals surface area contributed by atoms with E-state index in [9.17, 15) is 4.39 Å². The number of allylic oxidation sites excluding steroid dienone is 2. The van der Waals surface area contributed by atoms with Crippen molar-refractivity contribution in [2.75, 3.05) is 0 Å². The van der Waals surface area contributed by atoms with E-state index in [2.05, 4.69) is 13.0 Å². The Kier molecular flexibility index (Phi) is 2.17. The number of aryl methyl sites for hydroxylation is 1. The molecule has 1 unspecified atom stereocenters. The summed E-state index contributed by atoms with van der Waals surface area (Å²) in [5.74, 6) is 1.26. The van der Waals surface area contributed by atoms with Crippen LogP contribution in [-0.2, 0) is 6.42 Å². The molecule has 1 fully saturated rings. The fourth-order valence-corrected chi connectivity index (χ4v) is 2.71. The van der Waals surface area contributed by atoms with Gasteiger partial charge in [-0.15, -0.1) is 0 Å². The molecule has 1 saturated carbocycles. The van der Waals surface area contributed by atoms with Crippen LogP contribution in [-0.4, -0.2) is 0 Å². The van der Waals surface area contributed by atoms with Gasteiger partial charge < -0.3 is 0 Å². The van der Waals surface area contributed by atoms with Crippen LogP contribution in [0, 0.1) is 24.6 Å². The minimum Gasteiger partial charge on any atom is -0.207 e. The number of hydrogen-bond acceptors (Lipinski definition) is 0. The highest BCUT2D eigenvalue weighted by Crippen LogP contribution is 2.46. The van der Waals surface area contributed by atoms with Gasteiger partial charge in [0.2, 0.25) is 0 Å². The molecule has 0 N–H and O–H groups in total. The van der Waals surface area contributed by atoms with Gasteiger partial charge in [0.05, 0.1) is 0 Å². The summed E-state index contributed by atoms with van der Waals surface area (Å²) in [6, 6.07) is 3.79. The minimum atomic E-state index is -0.0528. The third-order valence-corrected chi connectivity index (χ3v) is 3.72. The molecule has 0 nitrogen and oxygen atoms in total. The molecule has 2 aliphatic carbocycles. The number of halogens is 1. The smallest absolute Gasteiger partial charge is 0.126 e. The highest BCUT2D eigenvalue weighted by atomic mass is 19.1. The summed E-state index contributed by atoms with van der Waals surface area (Å²) in [7, 11) is 0. The summed E-state index contributed by atoms with van der Waals surface area (Å²) < 4.78 is 13.6. The Balaban J connectivity index is 2.13. The molecule has 0 aliphatic heterocycles. The van der Waals surface area contributed by atoms with E-state index in [0.29, 0.717) is 5.92 Å². The molecule has 16 heavy (non-hydrogen) atoms. The number of hydrogen-bond donors (Lipinski definition) is 0. The van der Waals surface area contributed by atoms with E-state index in [4.69, 9.17) is 0 Å². The lowest BCUT2D eigenvalue weighted by atomic mass is 9.83. The lowest BCUT2D eigenvalue weighted by Crippen LogP contribution is -2.09. The minimum absolute atomic E-state index is 0.0528. The summed E-state index contributed by atoms with van der Waals surface area (Å²) in [5.41, 5.74) is 4.79. The van der Waals surface area contributed by atoms with Crippen LogP contribution in [0.1, 0.15) is 36.5 Å². The molecule has 1 aromatic rings. The molecule has 2 aliphatic rings. The second-order valence-electron chi connectivity index (χ2n) is 5.34. The van der Waals surface area contributed by atoms with Gasteiger partial charge in [-0.1, -0.05) is 13.0 Å². The molecular weight excluding hydrogens is 199 g/mol. The molecule has 84 valence electrons. The van der Waals surface area contributed by atoms with Crippen LogP contribution in [0.3, 0.4) is 0 Å². The van der Waals surface area contributed by atoms with Crippen molar-refractivity contribution in [1.82, 2.24) is 0 Å². The normalized spacial score (nSPS) is 23.9. The zero-order chi connectivity index (χ0) is 11.3. The maximum Gasteiger partial charge on any atom is 0.126 e. The van der Waals surface area contributed by atoms with Crippen LogP contribution in [0.5, 0.6) is 0 Å². The molecule has 0 spiro atoms. The first kappa shape index (κ1) is 10.1. The number of benzene rings is 1. The van der Waals surface area contributed by atoms with E-state index >= 15 is 0 Å². The Bertz CT molecular complexity index is 467. The third-order valence-electron chi connectivity index (χ3n) is 3.72. The van der Waals surface area contributed by atoms with Crippen LogP contribution >= 0.6 is 0 Å². The zero-order valence-electron chi connectivity index (χ0n) is 9.89. The van der Waals surface area contributed by atoms with E-state index in [1.165, 1.54) is 29.5 Å². The molecule has 0 bridgehead atoms. The van der Waals surface area contributed by atoms with E-state index in [-0.39, 0.29) is 5.82 Å². The van der Waals surface area contributed by atoms with Crippen molar-refractivity contribution < 1.29 is 4.39 Å². The van der Waals surface area contributed by atoms with Crippen LogP contribution in [0.4, 0.5) is 4.39 Å². The highest BCUT2D eigenvalue weighted by Gasteiger charge is 2.31. The Morgan fingerprint density at radius 3 is 2.69 bits per heavy atom. The fraction of sp³-hybridized carbons (Fsp3) is 0.467. The van der Waals surface area contributed by atoms with Gasteiger partial charge in [-0.25, -0.2) is 4.39 Å². The maximum atomic E-state index is 13.6. The monoisotopic (exact) mass is 216 g/mol. The average molecular weight is 216 g/mol. The van der Waals surface area contributed by atoms with Gasteiger partial charge in [0.25, 0.3) is 0 Å². The predicted molar refractivity (Wildman–Crippen MR) is 64.7 cm³/mol. The van der Waals surface area contributed by atoms with Gasteiger partial charge in [0, 0.05) is 0 Å². The molecular formula is C15H17F. The number of fused-ring (bicyclic) bond motifs is 1. The lowest BCUT2D eigenvalue weighted by molar-refractivity contribution is 0.610. The quantitative estimate of drug-likeness (QED) is 0.662. The molecule has 3 rings (SSSR count). The van der Waals surface area contributed by atoms with Crippen molar-refractivity contribution in [3.05, 3.63) is 40.7 Å². The van der Waals surface area contributed by atoms with Crippen molar-refractivity contribution in [3.8, 4) is 0 Å². The van der Waals surface area contributed by atoms with E-state index in [1.807, 2.05) is 13.0 Å². The maximum absolute atomic E-state index is 13.6. The van der Waals surface area contributed by atoms with Gasteiger partial charge in [-0.2, -0.15) is 0 Å². The standard InChI is InChI=1S/C15H17F/c1-9-5-12-8-15(16)10(2)7-14(12)13(6-9)11-3-4-11/h6-9,11H,3-5H2,1-2H3. The molecule has 0 amide bonds. The second kappa shape index (κ2) is 3.44. The Morgan fingerprint density at radius 1 is 1.25 bits per heavy atom. The largest absolute Gasteiger partial charge is 0.207 e. The van der Waals surface area contributed by atoms with Crippen LogP contribution in [0.15, 0.2) is 18.2 Å². The number of rotatable bonds is 1. The summed E-state index contributed by atoms with van der Waals surface area (Å²) in [6.07, 6.45) is 6.02. The zero-order valence-corrected chi connectivity index (χ0v) is 9.89. The van der Waals surface area contributed by atoms with Crippen molar-refractivity contribution >= 4 is 5.57 Å². The van der Waals surface area contributed by atoms with Crippen molar-refractivity contribution in [2.45, 2.75) is 33.1 Å². The summed E-state index contributed by atoms with van der Waals surface area (Å²) in [5, 5.41) is 0. The summed E-state index contributed by atoms with van der Waals surface area (Å²) >= 11 is 0. The van der Waals surface area contributed by atoms with Crippen LogP contribution in [0.2, 0.25) is 0 Å². The molecule has 1 aromatic carbocycles. The van der Waals surface area contributed by atoms with Gasteiger partial charge in [0.15, 0.2) is 0 Å².